The first-order valence-corrected chi connectivity index (χ1v) is 13.6. The summed E-state index contributed by atoms with van der Waals surface area (Å²) in [5.74, 6) is 0. The van der Waals surface area contributed by atoms with Crippen LogP contribution in [0.2, 0.25) is 0 Å². The molecule has 1 heterocycles. The van der Waals surface area contributed by atoms with Gasteiger partial charge in [0.25, 0.3) is 0 Å². The molecule has 4 N–H and O–H groups in total. The average molecular weight is 546 g/mol. The molecule has 0 radical (unpaired) electrons. The van der Waals surface area contributed by atoms with E-state index in [0.717, 1.165) is 56.8 Å². The van der Waals surface area contributed by atoms with E-state index in [1.54, 1.807) is 30.5 Å². The molecular weight excluding hydrogens is 490 g/mol. The number of hydrogen-bond donors (Lipinski definition) is 4. The Hall–Kier alpha value is -3.20. The lowest BCUT2D eigenvalue weighted by Crippen LogP contribution is -2.35. The Bertz CT molecular complexity index is 775. The molecular formula is C31H55N5O3. The number of amides is 2. The highest BCUT2D eigenvalue weighted by Crippen LogP contribution is 2.03. The summed E-state index contributed by atoms with van der Waals surface area (Å²) in [5.41, 5.74) is 2.64. The van der Waals surface area contributed by atoms with E-state index in [0.29, 0.717) is 5.70 Å². The average Bonchev–Trinajstić information content (AvgIpc) is 2.96. The lowest BCUT2D eigenvalue weighted by Gasteiger charge is -2.24. The van der Waals surface area contributed by atoms with E-state index in [1.807, 2.05) is 52.2 Å². The molecule has 0 aromatic heterocycles. The largest absolute Gasteiger partial charge is 0.388 e. The second kappa shape index (κ2) is 32.8. The van der Waals surface area contributed by atoms with E-state index in [1.165, 1.54) is 19.9 Å². The number of morpholine rings is 1. The zero-order chi connectivity index (χ0) is 30.2. The highest BCUT2D eigenvalue weighted by Gasteiger charge is 2.05. The molecule has 8 nitrogen and oxygen atoms in total. The van der Waals surface area contributed by atoms with Gasteiger partial charge >= 0.3 is 6.03 Å². The number of carbonyl (C=O) groups is 2. The Morgan fingerprint density at radius 2 is 1.62 bits per heavy atom. The minimum Gasteiger partial charge on any atom is -0.388 e. The van der Waals surface area contributed by atoms with Crippen LogP contribution in [0, 0.1) is 0 Å². The van der Waals surface area contributed by atoms with E-state index in [-0.39, 0.29) is 6.03 Å². The summed E-state index contributed by atoms with van der Waals surface area (Å²) in [7, 11) is 3.80. The first-order valence-electron chi connectivity index (χ1n) is 13.6. The fraction of sp³-hybridized carbons (Fsp3) is 0.484. The molecule has 1 aliphatic heterocycles. The van der Waals surface area contributed by atoms with Crippen molar-refractivity contribution >= 4 is 12.3 Å². The highest BCUT2D eigenvalue weighted by atomic mass is 16.5. The topological polar surface area (TPSA) is 94.7 Å². The fourth-order valence-corrected chi connectivity index (χ4v) is 2.70. The Kier molecular flexibility index (Phi) is 33.9. The molecule has 222 valence electrons. The summed E-state index contributed by atoms with van der Waals surface area (Å²) in [6.07, 6.45) is 19.0. The number of rotatable bonds is 12. The van der Waals surface area contributed by atoms with Crippen LogP contribution < -0.4 is 21.3 Å². The van der Waals surface area contributed by atoms with Crippen molar-refractivity contribution in [2.75, 3.05) is 53.5 Å². The Balaban J connectivity index is -0.000000650. The molecule has 8 heteroatoms. The van der Waals surface area contributed by atoms with Gasteiger partial charge in [0.2, 0.25) is 0 Å². The number of likely N-dealkylation sites (N-methyl/N-ethyl adjacent to an activating group) is 2. The predicted octanol–water partition coefficient (Wildman–Crippen LogP) is 5.23. The second-order valence-corrected chi connectivity index (χ2v) is 7.84. The molecule has 0 aliphatic carbocycles. The zero-order valence-corrected chi connectivity index (χ0v) is 25.5. The Morgan fingerprint density at radius 1 is 0.974 bits per heavy atom. The van der Waals surface area contributed by atoms with E-state index < -0.39 is 0 Å². The summed E-state index contributed by atoms with van der Waals surface area (Å²) in [4.78, 5) is 23.0. The standard InChI is InChI=1S/C19H27N3O.C6H13NO.C4H11N.C2H4O/c1-6-11-18(20-5)12-10-15-21-19(23)22-17(9-4)14-13-16(7-2)8-3;1-2-7-3-5-8-6-4-7;1-3-4-5-2;1-2-3/h6-7,9-15,20H,2,4,8H2,1,3,5H3,(H2,21,22,23);2-6H2,1H3;5H,3-4H2,1-2H3;2H,1H3/b11-6-,15-10+,16-13+,17-14+,18-12+;;;. The van der Waals surface area contributed by atoms with E-state index in [2.05, 4.69) is 53.2 Å². The van der Waals surface area contributed by atoms with Gasteiger partial charge in [-0.05, 0) is 82.8 Å². The van der Waals surface area contributed by atoms with E-state index >= 15 is 0 Å². The second-order valence-electron chi connectivity index (χ2n) is 7.84. The molecule has 1 fully saturated rings. The van der Waals surface area contributed by atoms with Gasteiger partial charge in [0, 0.05) is 37.7 Å². The van der Waals surface area contributed by atoms with E-state index in [9.17, 15) is 4.79 Å². The van der Waals surface area contributed by atoms with Crippen LogP contribution in [0.3, 0.4) is 0 Å². The molecule has 0 atom stereocenters. The van der Waals surface area contributed by atoms with Crippen LogP contribution in [-0.4, -0.2) is 70.7 Å². The smallest absolute Gasteiger partial charge is 0.323 e. The van der Waals surface area contributed by atoms with Crippen molar-refractivity contribution in [1.82, 2.24) is 26.2 Å². The number of ether oxygens (including phenoxy) is 1. The lowest BCUT2D eigenvalue weighted by molar-refractivity contribution is -0.106. The molecule has 1 rings (SSSR count). The van der Waals surface area contributed by atoms with Gasteiger partial charge in [0.15, 0.2) is 0 Å². The van der Waals surface area contributed by atoms with Crippen molar-refractivity contribution in [2.45, 2.75) is 47.5 Å². The van der Waals surface area contributed by atoms with Crippen molar-refractivity contribution < 1.29 is 14.3 Å². The first-order chi connectivity index (χ1) is 18.9. The number of allylic oxidation sites excluding steroid dienone is 9. The molecule has 0 saturated carbocycles. The molecule has 0 bridgehead atoms. The highest BCUT2D eigenvalue weighted by molar-refractivity contribution is 5.77. The summed E-state index contributed by atoms with van der Waals surface area (Å²) < 4.78 is 5.16. The third-order valence-electron chi connectivity index (χ3n) is 4.90. The molecule has 1 saturated heterocycles. The lowest BCUT2D eigenvalue weighted by atomic mass is 10.2. The van der Waals surface area contributed by atoms with Gasteiger partial charge in [0.05, 0.1) is 13.2 Å². The minimum atomic E-state index is -0.331. The number of urea groups is 1. The molecule has 0 aromatic rings. The quantitative estimate of drug-likeness (QED) is 0.198. The minimum absolute atomic E-state index is 0.331. The SMILES string of the molecule is C=C/C(=C\C=C(/C=C)NC(=O)N/C=C/C=C(\C=C/C)NC)CC.CC=O.CCCNC.CCN1CCOCC1. The maximum atomic E-state index is 11.8. The summed E-state index contributed by atoms with van der Waals surface area (Å²) in [5, 5.41) is 11.4. The fourth-order valence-electron chi connectivity index (χ4n) is 2.70. The van der Waals surface area contributed by atoms with Gasteiger partial charge in [-0.2, -0.15) is 0 Å². The number of nitrogens with zero attached hydrogens (tertiary/aromatic N) is 1. The van der Waals surface area contributed by atoms with Crippen LogP contribution in [0.25, 0.3) is 0 Å². The van der Waals surface area contributed by atoms with Gasteiger partial charge in [-0.15, -0.1) is 0 Å². The maximum absolute atomic E-state index is 11.8. The number of aldehydes is 1. The van der Waals surface area contributed by atoms with E-state index in [4.69, 9.17) is 9.53 Å². The third-order valence-corrected chi connectivity index (χ3v) is 4.90. The van der Waals surface area contributed by atoms with Crippen LogP contribution in [-0.2, 0) is 9.53 Å². The predicted molar refractivity (Wildman–Crippen MR) is 169 cm³/mol. The van der Waals surface area contributed by atoms with Crippen molar-refractivity contribution in [3.05, 3.63) is 84.9 Å². The molecule has 1 aliphatic rings. The van der Waals surface area contributed by atoms with Crippen molar-refractivity contribution in [1.29, 1.82) is 0 Å². The molecule has 0 unspecified atom stereocenters. The van der Waals surface area contributed by atoms with Crippen molar-refractivity contribution in [2.24, 2.45) is 0 Å². The van der Waals surface area contributed by atoms with Gasteiger partial charge < -0.3 is 30.8 Å². The maximum Gasteiger partial charge on any atom is 0.323 e. The van der Waals surface area contributed by atoms with Gasteiger partial charge in [-0.3, -0.25) is 4.90 Å². The van der Waals surface area contributed by atoms with Crippen molar-refractivity contribution in [3.63, 3.8) is 0 Å². The monoisotopic (exact) mass is 545 g/mol. The van der Waals surface area contributed by atoms with Crippen molar-refractivity contribution in [3.8, 4) is 0 Å². The Labute approximate surface area is 238 Å². The first kappa shape index (κ1) is 40.3. The molecule has 2 amide bonds. The zero-order valence-electron chi connectivity index (χ0n) is 25.5. The third kappa shape index (κ3) is 29.2. The summed E-state index contributed by atoms with van der Waals surface area (Å²) >= 11 is 0. The Morgan fingerprint density at radius 3 is 2.00 bits per heavy atom. The number of carbonyl (C=O) groups excluding carboxylic acids is 2. The summed E-state index contributed by atoms with van der Waals surface area (Å²) in [6.45, 7) is 23.6. The number of hydrogen-bond acceptors (Lipinski definition) is 6. The van der Waals surface area contributed by atoms with Crippen LogP contribution in [0.4, 0.5) is 4.79 Å². The molecule has 0 aromatic carbocycles. The molecule has 39 heavy (non-hydrogen) atoms. The number of nitrogens with one attached hydrogen (secondary N) is 4. The van der Waals surface area contributed by atoms with Gasteiger partial charge in [0.1, 0.15) is 6.29 Å². The van der Waals surface area contributed by atoms with Crippen LogP contribution >= 0.6 is 0 Å². The van der Waals surface area contributed by atoms with Gasteiger partial charge in [-0.25, -0.2) is 4.79 Å². The normalized spacial score (nSPS) is 14.1. The summed E-state index contributed by atoms with van der Waals surface area (Å²) in [6, 6.07) is -0.331. The van der Waals surface area contributed by atoms with Crippen LogP contribution in [0.5, 0.6) is 0 Å². The van der Waals surface area contributed by atoms with Crippen LogP contribution in [0.15, 0.2) is 84.9 Å². The van der Waals surface area contributed by atoms with Gasteiger partial charge in [-0.1, -0.05) is 52.2 Å². The molecule has 0 spiro atoms. The van der Waals surface area contributed by atoms with Crippen LogP contribution in [0.1, 0.15) is 47.5 Å².